The van der Waals surface area contributed by atoms with Crippen LogP contribution < -0.4 is 10.2 Å². The zero-order valence-corrected chi connectivity index (χ0v) is 7.16. The second-order valence-electron chi connectivity index (χ2n) is 2.64. The van der Waals surface area contributed by atoms with Crippen molar-refractivity contribution in [1.29, 1.82) is 0 Å². The summed E-state index contributed by atoms with van der Waals surface area (Å²) < 4.78 is 0. The van der Waals surface area contributed by atoms with E-state index in [1.54, 1.807) is 11.3 Å². The van der Waals surface area contributed by atoms with E-state index in [2.05, 4.69) is 27.0 Å². The Morgan fingerprint density at radius 1 is 1.45 bits per heavy atom. The van der Waals surface area contributed by atoms with Gasteiger partial charge in [-0.25, -0.2) is 0 Å². The molecule has 59 valence electrons. The van der Waals surface area contributed by atoms with E-state index in [1.165, 1.54) is 5.69 Å². The molecule has 1 radical (unpaired) electrons. The Morgan fingerprint density at radius 3 is 2.91 bits per heavy atom. The van der Waals surface area contributed by atoms with Crippen molar-refractivity contribution < 1.29 is 0 Å². The van der Waals surface area contributed by atoms with Crippen molar-refractivity contribution in [1.82, 2.24) is 5.32 Å². The van der Waals surface area contributed by atoms with E-state index < -0.39 is 0 Å². The number of rotatable bonds is 1. The van der Waals surface area contributed by atoms with Crippen LogP contribution in [-0.2, 0) is 0 Å². The molecule has 3 heteroatoms. The summed E-state index contributed by atoms with van der Waals surface area (Å²) in [5.74, 6) is 0. The first kappa shape index (κ1) is 7.13. The van der Waals surface area contributed by atoms with Crippen molar-refractivity contribution in [3.63, 3.8) is 0 Å². The molecule has 1 fully saturated rings. The van der Waals surface area contributed by atoms with Crippen molar-refractivity contribution in [2.24, 2.45) is 0 Å². The van der Waals surface area contributed by atoms with Gasteiger partial charge in [0.05, 0.1) is 11.1 Å². The minimum absolute atomic E-state index is 1.10. The second kappa shape index (κ2) is 3.24. The van der Waals surface area contributed by atoms with Gasteiger partial charge in [-0.15, -0.1) is 11.3 Å². The van der Waals surface area contributed by atoms with Crippen molar-refractivity contribution in [2.45, 2.75) is 0 Å². The average Bonchev–Trinajstić information content (AvgIpc) is 2.58. The lowest BCUT2D eigenvalue weighted by Crippen LogP contribution is -2.43. The molecule has 1 N–H and O–H groups in total. The molecule has 0 saturated carbocycles. The first-order valence-corrected chi connectivity index (χ1v) is 4.75. The Kier molecular flexibility index (Phi) is 2.10. The van der Waals surface area contributed by atoms with Crippen LogP contribution in [-0.4, -0.2) is 26.2 Å². The highest BCUT2D eigenvalue weighted by molar-refractivity contribution is 7.07. The standard InChI is InChI=1S/C8H11N2S/c1-6-11-7-8(1)10-4-2-9-3-5-10/h1,6,9H,2-5H2. The number of hydrogen-bond acceptors (Lipinski definition) is 3. The zero-order valence-electron chi connectivity index (χ0n) is 6.34. The summed E-state index contributed by atoms with van der Waals surface area (Å²) in [5, 5.41) is 8.65. The Bertz CT molecular complexity index is 202. The highest BCUT2D eigenvalue weighted by Crippen LogP contribution is 2.16. The SMILES string of the molecule is [c]1sccc1N1CCNCC1. The topological polar surface area (TPSA) is 15.3 Å². The van der Waals surface area contributed by atoms with Crippen LogP contribution in [0.2, 0.25) is 0 Å². The Hall–Kier alpha value is -0.540. The zero-order chi connectivity index (χ0) is 7.52. The minimum Gasteiger partial charge on any atom is -0.368 e. The molecule has 11 heavy (non-hydrogen) atoms. The number of thiophene rings is 1. The van der Waals surface area contributed by atoms with Crippen LogP contribution in [0.25, 0.3) is 0 Å². The van der Waals surface area contributed by atoms with E-state index in [0.29, 0.717) is 0 Å². The molecule has 2 nitrogen and oxygen atoms in total. The lowest BCUT2D eigenvalue weighted by atomic mass is 10.3. The summed E-state index contributed by atoms with van der Waals surface area (Å²) >= 11 is 1.65. The van der Waals surface area contributed by atoms with Crippen LogP contribution in [0.15, 0.2) is 11.4 Å². The van der Waals surface area contributed by atoms with Crippen molar-refractivity contribution in [3.05, 3.63) is 16.8 Å². The molecule has 0 spiro atoms. The van der Waals surface area contributed by atoms with Gasteiger partial charge < -0.3 is 10.2 Å². The van der Waals surface area contributed by atoms with Crippen LogP contribution in [0.4, 0.5) is 5.69 Å². The molecule has 1 aliphatic rings. The molecular weight excluding hydrogens is 156 g/mol. The van der Waals surface area contributed by atoms with Crippen molar-refractivity contribution >= 4 is 17.0 Å². The molecule has 1 aliphatic heterocycles. The smallest absolute Gasteiger partial charge is 0.0697 e. The fraction of sp³-hybridized carbons (Fsp3) is 0.500. The average molecular weight is 167 g/mol. The van der Waals surface area contributed by atoms with Gasteiger partial charge in [0.25, 0.3) is 0 Å². The summed E-state index contributed by atoms with van der Waals surface area (Å²) in [6.07, 6.45) is 0. The van der Waals surface area contributed by atoms with E-state index in [-0.39, 0.29) is 0 Å². The van der Waals surface area contributed by atoms with E-state index in [0.717, 1.165) is 26.2 Å². The van der Waals surface area contributed by atoms with Crippen LogP contribution in [0, 0.1) is 5.38 Å². The third kappa shape index (κ3) is 1.54. The highest BCUT2D eigenvalue weighted by Gasteiger charge is 2.09. The third-order valence-corrected chi connectivity index (χ3v) is 2.51. The second-order valence-corrected chi connectivity index (χ2v) is 3.36. The van der Waals surface area contributed by atoms with Gasteiger partial charge in [-0.05, 0) is 11.4 Å². The van der Waals surface area contributed by atoms with Gasteiger partial charge in [-0.1, -0.05) is 0 Å². The molecule has 2 rings (SSSR count). The fourth-order valence-corrected chi connectivity index (χ4v) is 1.89. The molecule has 1 aromatic rings. The number of anilines is 1. The molecule has 0 aromatic carbocycles. The van der Waals surface area contributed by atoms with Gasteiger partial charge in [0, 0.05) is 26.2 Å². The predicted octanol–water partition coefficient (Wildman–Crippen LogP) is 0.958. The van der Waals surface area contributed by atoms with Gasteiger partial charge >= 0.3 is 0 Å². The van der Waals surface area contributed by atoms with Crippen LogP contribution >= 0.6 is 11.3 Å². The van der Waals surface area contributed by atoms with E-state index in [4.69, 9.17) is 0 Å². The monoisotopic (exact) mass is 167 g/mol. The maximum Gasteiger partial charge on any atom is 0.0697 e. The molecule has 0 amide bonds. The molecule has 0 aliphatic carbocycles. The maximum atomic E-state index is 3.32. The summed E-state index contributed by atoms with van der Waals surface area (Å²) in [5.41, 5.74) is 1.26. The molecule has 0 bridgehead atoms. The summed E-state index contributed by atoms with van der Waals surface area (Å²) in [4.78, 5) is 2.37. The van der Waals surface area contributed by atoms with Crippen LogP contribution in [0.1, 0.15) is 0 Å². The molecular formula is C8H11N2S. The van der Waals surface area contributed by atoms with E-state index >= 15 is 0 Å². The first-order chi connectivity index (χ1) is 5.47. The maximum absolute atomic E-state index is 3.32. The summed E-state index contributed by atoms with van der Waals surface area (Å²) in [6, 6.07) is 2.13. The van der Waals surface area contributed by atoms with Crippen LogP contribution in [0.5, 0.6) is 0 Å². The van der Waals surface area contributed by atoms with Crippen molar-refractivity contribution in [2.75, 3.05) is 31.1 Å². The number of hydrogen-bond donors (Lipinski definition) is 1. The Morgan fingerprint density at radius 2 is 2.27 bits per heavy atom. The lowest BCUT2D eigenvalue weighted by Gasteiger charge is -2.27. The van der Waals surface area contributed by atoms with Gasteiger partial charge in [0.1, 0.15) is 0 Å². The quantitative estimate of drug-likeness (QED) is 0.670. The fourth-order valence-electron chi connectivity index (χ4n) is 1.30. The summed E-state index contributed by atoms with van der Waals surface area (Å²) in [7, 11) is 0. The molecule has 1 saturated heterocycles. The van der Waals surface area contributed by atoms with Gasteiger partial charge in [-0.2, -0.15) is 0 Å². The first-order valence-electron chi connectivity index (χ1n) is 3.88. The van der Waals surface area contributed by atoms with Crippen LogP contribution in [0.3, 0.4) is 0 Å². The van der Waals surface area contributed by atoms with E-state index in [9.17, 15) is 0 Å². The molecule has 0 atom stereocenters. The molecule has 1 aromatic heterocycles. The number of nitrogens with one attached hydrogen (secondary N) is 1. The van der Waals surface area contributed by atoms with Crippen molar-refractivity contribution in [3.8, 4) is 0 Å². The molecule has 0 unspecified atom stereocenters. The van der Waals surface area contributed by atoms with E-state index in [1.807, 2.05) is 0 Å². The third-order valence-electron chi connectivity index (χ3n) is 1.92. The normalized spacial score (nSPS) is 18.7. The summed E-state index contributed by atoms with van der Waals surface area (Å²) in [6.45, 7) is 4.44. The minimum atomic E-state index is 1.10. The van der Waals surface area contributed by atoms with Gasteiger partial charge in [-0.3, -0.25) is 0 Å². The van der Waals surface area contributed by atoms with Gasteiger partial charge in [0.2, 0.25) is 0 Å². The predicted molar refractivity (Wildman–Crippen MR) is 48.2 cm³/mol. The number of piperazine rings is 1. The number of nitrogens with zero attached hydrogens (tertiary/aromatic N) is 1. The Labute approximate surface area is 70.8 Å². The highest BCUT2D eigenvalue weighted by atomic mass is 32.1. The molecule has 2 heterocycles. The Balaban J connectivity index is 2.04. The lowest BCUT2D eigenvalue weighted by molar-refractivity contribution is 0.589. The largest absolute Gasteiger partial charge is 0.368 e. The van der Waals surface area contributed by atoms with Gasteiger partial charge in [0.15, 0.2) is 0 Å².